The summed E-state index contributed by atoms with van der Waals surface area (Å²) < 4.78 is 36.4. The summed E-state index contributed by atoms with van der Waals surface area (Å²) in [7, 11) is 0. The van der Waals surface area contributed by atoms with E-state index in [1.807, 2.05) is 0 Å². The van der Waals surface area contributed by atoms with Crippen molar-refractivity contribution in [2.24, 2.45) is 0 Å². The Morgan fingerprint density at radius 3 is 2.45 bits per heavy atom. The van der Waals surface area contributed by atoms with Crippen molar-refractivity contribution >= 4 is 28.8 Å². The van der Waals surface area contributed by atoms with Gasteiger partial charge in [0.1, 0.15) is 6.54 Å². The van der Waals surface area contributed by atoms with Gasteiger partial charge >= 0.3 is 6.18 Å². The topological polar surface area (TPSA) is 58.2 Å². The van der Waals surface area contributed by atoms with Gasteiger partial charge in [0.25, 0.3) is 11.8 Å². The molecule has 116 valence electrons. The zero-order valence-corrected chi connectivity index (χ0v) is 11.9. The van der Waals surface area contributed by atoms with E-state index in [-0.39, 0.29) is 11.3 Å². The van der Waals surface area contributed by atoms with Gasteiger partial charge in [0.15, 0.2) is 0 Å². The molecule has 4 nitrogen and oxygen atoms in total. The monoisotopic (exact) mass is 328 g/mol. The van der Waals surface area contributed by atoms with Crippen LogP contribution in [0.4, 0.5) is 18.9 Å². The fourth-order valence-corrected chi connectivity index (χ4v) is 2.29. The average molecular weight is 328 g/mol. The molecule has 0 saturated carbocycles. The van der Waals surface area contributed by atoms with Gasteiger partial charge in [0.2, 0.25) is 0 Å². The number of hydrogen-bond donors (Lipinski definition) is 2. The minimum absolute atomic E-state index is 0.0321. The van der Waals surface area contributed by atoms with Crippen LogP contribution in [0.3, 0.4) is 0 Å². The molecule has 0 fully saturated rings. The summed E-state index contributed by atoms with van der Waals surface area (Å²) in [5.41, 5.74) is 0.532. The lowest BCUT2D eigenvalue weighted by molar-refractivity contribution is -0.123. The van der Waals surface area contributed by atoms with E-state index in [9.17, 15) is 22.8 Å². The molecule has 1 aromatic carbocycles. The van der Waals surface area contributed by atoms with E-state index in [0.717, 1.165) is 0 Å². The molecule has 2 amide bonds. The van der Waals surface area contributed by atoms with Crippen LogP contribution in [-0.2, 0) is 0 Å². The lowest BCUT2D eigenvalue weighted by atomic mass is 10.1. The van der Waals surface area contributed by atoms with Gasteiger partial charge < -0.3 is 10.6 Å². The molecule has 0 radical (unpaired) electrons. The SMILES string of the molecule is O=C(Nc1ccccc1C(=O)NCC(F)(F)F)c1ccsc1. The molecule has 0 aliphatic heterocycles. The molecule has 22 heavy (non-hydrogen) atoms. The van der Waals surface area contributed by atoms with Crippen molar-refractivity contribution in [2.75, 3.05) is 11.9 Å². The first-order valence-electron chi connectivity index (χ1n) is 6.14. The highest BCUT2D eigenvalue weighted by Gasteiger charge is 2.28. The number of nitrogens with one attached hydrogen (secondary N) is 2. The molecule has 0 bridgehead atoms. The van der Waals surface area contributed by atoms with Crippen LogP contribution in [0, 0.1) is 0 Å². The quantitative estimate of drug-likeness (QED) is 0.905. The maximum absolute atomic E-state index is 12.1. The molecule has 2 rings (SSSR count). The highest BCUT2D eigenvalue weighted by Crippen LogP contribution is 2.18. The number of carbonyl (C=O) groups is 2. The van der Waals surface area contributed by atoms with Gasteiger partial charge in [-0.1, -0.05) is 12.1 Å². The lowest BCUT2D eigenvalue weighted by Crippen LogP contribution is -2.34. The van der Waals surface area contributed by atoms with E-state index in [1.165, 1.54) is 29.5 Å². The lowest BCUT2D eigenvalue weighted by Gasteiger charge is -2.12. The second-order valence-electron chi connectivity index (χ2n) is 4.31. The Bertz CT molecular complexity index is 669. The maximum atomic E-state index is 12.1. The van der Waals surface area contributed by atoms with E-state index in [1.54, 1.807) is 28.2 Å². The Labute approximate surface area is 128 Å². The summed E-state index contributed by atoms with van der Waals surface area (Å²) in [5, 5.41) is 7.64. The first-order valence-corrected chi connectivity index (χ1v) is 7.08. The molecular formula is C14H11F3N2O2S. The first kappa shape index (κ1) is 16.0. The smallest absolute Gasteiger partial charge is 0.343 e. The molecule has 0 aliphatic carbocycles. The molecule has 1 heterocycles. The van der Waals surface area contributed by atoms with Crippen molar-refractivity contribution in [1.29, 1.82) is 0 Å². The number of carbonyl (C=O) groups excluding carboxylic acids is 2. The number of anilines is 1. The number of alkyl halides is 3. The summed E-state index contributed by atoms with van der Waals surface area (Å²) in [4.78, 5) is 23.8. The predicted molar refractivity (Wildman–Crippen MR) is 77.1 cm³/mol. The Morgan fingerprint density at radius 2 is 1.82 bits per heavy atom. The molecule has 0 atom stereocenters. The van der Waals surface area contributed by atoms with Crippen LogP contribution >= 0.6 is 11.3 Å². The molecule has 0 spiro atoms. The second-order valence-corrected chi connectivity index (χ2v) is 5.09. The third kappa shape index (κ3) is 4.32. The minimum Gasteiger partial charge on any atom is -0.343 e. The van der Waals surface area contributed by atoms with Crippen molar-refractivity contribution in [3.05, 3.63) is 52.2 Å². The standard InChI is InChI=1S/C14H11F3N2O2S/c15-14(16,17)8-18-13(21)10-3-1-2-4-11(10)19-12(20)9-5-6-22-7-9/h1-7H,8H2,(H,18,21)(H,19,20). The van der Waals surface area contributed by atoms with E-state index in [4.69, 9.17) is 0 Å². The minimum atomic E-state index is -4.50. The molecule has 1 aromatic heterocycles. The highest BCUT2D eigenvalue weighted by atomic mass is 32.1. The molecule has 8 heteroatoms. The van der Waals surface area contributed by atoms with Gasteiger partial charge in [-0.15, -0.1) is 0 Å². The number of rotatable bonds is 4. The summed E-state index contributed by atoms with van der Waals surface area (Å²) in [5.74, 6) is -1.34. The molecule has 2 aromatic rings. The molecule has 0 unspecified atom stereocenters. The maximum Gasteiger partial charge on any atom is 0.405 e. The number of benzene rings is 1. The van der Waals surface area contributed by atoms with Gasteiger partial charge in [-0.25, -0.2) is 0 Å². The third-order valence-corrected chi connectivity index (χ3v) is 3.34. The average Bonchev–Trinajstić information content (AvgIpc) is 2.99. The fourth-order valence-electron chi connectivity index (χ4n) is 1.65. The molecular weight excluding hydrogens is 317 g/mol. The summed E-state index contributed by atoms with van der Waals surface area (Å²) in [6, 6.07) is 7.47. The van der Waals surface area contributed by atoms with E-state index < -0.39 is 24.5 Å². The van der Waals surface area contributed by atoms with Gasteiger partial charge in [0.05, 0.1) is 16.8 Å². The number of amides is 2. The van der Waals surface area contributed by atoms with Crippen molar-refractivity contribution in [3.8, 4) is 0 Å². The van der Waals surface area contributed by atoms with Gasteiger partial charge in [-0.2, -0.15) is 24.5 Å². The van der Waals surface area contributed by atoms with Crippen LogP contribution in [0.25, 0.3) is 0 Å². The fraction of sp³-hybridized carbons (Fsp3) is 0.143. The largest absolute Gasteiger partial charge is 0.405 e. The molecule has 2 N–H and O–H groups in total. The highest BCUT2D eigenvalue weighted by molar-refractivity contribution is 7.08. The Hall–Kier alpha value is -2.35. The predicted octanol–water partition coefficient (Wildman–Crippen LogP) is 3.29. The summed E-state index contributed by atoms with van der Waals surface area (Å²) in [6.07, 6.45) is -4.50. The van der Waals surface area contributed by atoms with Crippen LogP contribution in [0.5, 0.6) is 0 Å². The Kier molecular flexibility index (Phi) is 4.81. The van der Waals surface area contributed by atoms with Crippen LogP contribution in [0.15, 0.2) is 41.1 Å². The Balaban J connectivity index is 2.13. The number of para-hydroxylation sites is 1. The third-order valence-electron chi connectivity index (χ3n) is 2.65. The van der Waals surface area contributed by atoms with Gasteiger partial charge in [-0.3, -0.25) is 9.59 Å². The summed E-state index contributed by atoms with van der Waals surface area (Å²) in [6.45, 7) is -1.43. The van der Waals surface area contributed by atoms with Crippen LogP contribution in [-0.4, -0.2) is 24.5 Å². The van der Waals surface area contributed by atoms with E-state index in [2.05, 4.69) is 5.32 Å². The van der Waals surface area contributed by atoms with Gasteiger partial charge in [0, 0.05) is 5.38 Å². The van der Waals surface area contributed by atoms with Crippen molar-refractivity contribution < 1.29 is 22.8 Å². The zero-order valence-electron chi connectivity index (χ0n) is 11.1. The normalized spacial score (nSPS) is 11.0. The Morgan fingerprint density at radius 1 is 1.09 bits per heavy atom. The molecule has 0 saturated heterocycles. The molecule has 0 aliphatic rings. The van der Waals surface area contributed by atoms with Crippen LogP contribution in [0.1, 0.15) is 20.7 Å². The van der Waals surface area contributed by atoms with Crippen molar-refractivity contribution in [1.82, 2.24) is 5.32 Å². The van der Waals surface area contributed by atoms with E-state index in [0.29, 0.717) is 5.56 Å². The van der Waals surface area contributed by atoms with E-state index >= 15 is 0 Å². The van der Waals surface area contributed by atoms with Crippen LogP contribution < -0.4 is 10.6 Å². The van der Waals surface area contributed by atoms with Crippen molar-refractivity contribution in [2.45, 2.75) is 6.18 Å². The zero-order chi connectivity index (χ0) is 16.2. The number of halogens is 3. The summed E-state index contributed by atoms with van der Waals surface area (Å²) >= 11 is 1.33. The number of thiophene rings is 1. The van der Waals surface area contributed by atoms with Crippen LogP contribution in [0.2, 0.25) is 0 Å². The van der Waals surface area contributed by atoms with Gasteiger partial charge in [-0.05, 0) is 23.6 Å². The number of hydrogen-bond acceptors (Lipinski definition) is 3. The first-order chi connectivity index (χ1) is 10.4. The van der Waals surface area contributed by atoms with Crippen molar-refractivity contribution in [3.63, 3.8) is 0 Å². The second kappa shape index (κ2) is 6.61.